The zero-order valence-electron chi connectivity index (χ0n) is 27.8. The summed E-state index contributed by atoms with van der Waals surface area (Å²) < 4.78 is 5.88. The molecular weight excluding hydrogens is 508 g/mol. The summed E-state index contributed by atoms with van der Waals surface area (Å²) in [6.45, 7) is 22.5. The van der Waals surface area contributed by atoms with Gasteiger partial charge in [-0.05, 0) is 103 Å². The highest BCUT2D eigenvalue weighted by atomic mass is 16.5. The third kappa shape index (κ3) is 4.21. The van der Waals surface area contributed by atoms with Crippen molar-refractivity contribution in [2.45, 2.75) is 140 Å². The number of esters is 1. The van der Waals surface area contributed by atoms with E-state index in [2.05, 4.69) is 68.4 Å². The lowest BCUT2D eigenvalue weighted by molar-refractivity contribution is -0.211. The Kier molecular flexibility index (Phi) is 7.59. The van der Waals surface area contributed by atoms with Gasteiger partial charge >= 0.3 is 5.97 Å². The molecule has 4 fully saturated rings. The molecule has 4 heteroatoms. The Balaban J connectivity index is 1.59. The average molecular weight is 567 g/mol. The maximum absolute atomic E-state index is 14.7. The fraction of sp³-hybridized carbons (Fsp3) is 0.865. The van der Waals surface area contributed by atoms with Crippen molar-refractivity contribution in [3.8, 4) is 0 Å². The number of ether oxygens (including phenoxy) is 1. The van der Waals surface area contributed by atoms with Crippen molar-refractivity contribution in [3.63, 3.8) is 0 Å². The zero-order valence-corrected chi connectivity index (χ0v) is 27.8. The van der Waals surface area contributed by atoms with Crippen LogP contribution in [0.2, 0.25) is 0 Å². The maximum atomic E-state index is 14.7. The van der Waals surface area contributed by atoms with Gasteiger partial charge < -0.3 is 4.74 Å². The lowest BCUT2D eigenvalue weighted by atomic mass is 9.33. The topological polar surface area (TPSA) is 60.4 Å². The van der Waals surface area contributed by atoms with E-state index in [0.29, 0.717) is 41.7 Å². The number of hydrogen-bond donors (Lipinski definition) is 0. The van der Waals surface area contributed by atoms with Crippen LogP contribution in [-0.4, -0.2) is 23.6 Å². The monoisotopic (exact) mass is 566 g/mol. The van der Waals surface area contributed by atoms with Crippen LogP contribution in [0.25, 0.3) is 0 Å². The summed E-state index contributed by atoms with van der Waals surface area (Å²) in [6, 6.07) is 0. The number of ketones is 2. The molecule has 0 bridgehead atoms. The van der Waals surface area contributed by atoms with Gasteiger partial charge in [-0.25, -0.2) is 0 Å². The molecule has 4 nitrogen and oxygen atoms in total. The van der Waals surface area contributed by atoms with Crippen LogP contribution in [0.1, 0.15) is 133 Å². The third-order valence-corrected chi connectivity index (χ3v) is 14.8. The van der Waals surface area contributed by atoms with Gasteiger partial charge in [0.25, 0.3) is 0 Å². The molecule has 5 aliphatic rings. The molecule has 0 amide bonds. The van der Waals surface area contributed by atoms with Crippen molar-refractivity contribution in [1.29, 1.82) is 0 Å². The van der Waals surface area contributed by atoms with E-state index in [1.54, 1.807) is 0 Å². The summed E-state index contributed by atoms with van der Waals surface area (Å²) in [6.07, 6.45) is 11.6. The lowest BCUT2D eigenvalue weighted by Crippen LogP contribution is -2.67. The minimum atomic E-state index is -0.310. The number of allylic oxidation sites excluding steroid dienone is 2. The SMILES string of the molecule is CCC(C)CC(=O)[C@]12CC[C@@H](C)[C@H](C)C1C1=CC(=O)C3[C@@]4(C)CC[C@H](OC(C)=O)C(C)(C)C4CC[C@@]3(C)[C@]1(C)CC2. The second kappa shape index (κ2) is 10.0. The minimum Gasteiger partial charge on any atom is -0.462 e. The molecule has 230 valence electrons. The largest absolute Gasteiger partial charge is 0.462 e. The molecule has 0 N–H and O–H groups in total. The summed E-state index contributed by atoms with van der Waals surface area (Å²) in [4.78, 5) is 40.9. The predicted molar refractivity (Wildman–Crippen MR) is 164 cm³/mol. The van der Waals surface area contributed by atoms with E-state index in [9.17, 15) is 14.4 Å². The second-order valence-corrected chi connectivity index (χ2v) is 16.9. The number of rotatable bonds is 5. The van der Waals surface area contributed by atoms with E-state index in [1.807, 2.05) is 0 Å². The first-order chi connectivity index (χ1) is 19.0. The van der Waals surface area contributed by atoms with Gasteiger partial charge in [0.05, 0.1) is 0 Å². The Morgan fingerprint density at radius 2 is 1.66 bits per heavy atom. The Hall–Kier alpha value is -1.45. The van der Waals surface area contributed by atoms with Gasteiger partial charge in [-0.2, -0.15) is 0 Å². The normalized spacial score (nSPS) is 47.6. The maximum Gasteiger partial charge on any atom is 0.302 e. The van der Waals surface area contributed by atoms with Gasteiger partial charge in [0.1, 0.15) is 11.9 Å². The molecule has 4 unspecified atom stereocenters. The number of carbonyl (C=O) groups excluding carboxylic acids is 3. The van der Waals surface area contributed by atoms with Gasteiger partial charge in [-0.15, -0.1) is 0 Å². The van der Waals surface area contributed by atoms with Crippen molar-refractivity contribution in [2.75, 3.05) is 0 Å². The van der Waals surface area contributed by atoms with Gasteiger partial charge in [0, 0.05) is 30.1 Å². The smallest absolute Gasteiger partial charge is 0.302 e. The fourth-order valence-corrected chi connectivity index (χ4v) is 11.8. The highest BCUT2D eigenvalue weighted by molar-refractivity contribution is 5.96. The molecule has 0 aliphatic heterocycles. The van der Waals surface area contributed by atoms with Gasteiger partial charge in [0.15, 0.2) is 5.78 Å². The second-order valence-electron chi connectivity index (χ2n) is 16.9. The molecule has 0 aromatic heterocycles. The number of fused-ring (bicyclic) bond motifs is 7. The van der Waals surface area contributed by atoms with Crippen molar-refractivity contribution in [3.05, 3.63) is 11.6 Å². The predicted octanol–water partition coefficient (Wildman–Crippen LogP) is 8.76. The number of Topliss-reactive ketones (excluding diaryl/α,β-unsaturated/α-hetero) is 1. The van der Waals surface area contributed by atoms with Crippen LogP contribution in [0.5, 0.6) is 0 Å². The van der Waals surface area contributed by atoms with Gasteiger partial charge in [-0.1, -0.05) is 74.3 Å². The summed E-state index contributed by atoms with van der Waals surface area (Å²) in [5.41, 5.74) is 0.474. The minimum absolute atomic E-state index is 0.0420. The molecule has 0 heterocycles. The summed E-state index contributed by atoms with van der Waals surface area (Å²) in [5.74, 6) is 2.39. The Bertz CT molecular complexity index is 1130. The zero-order chi connectivity index (χ0) is 30.3. The highest BCUT2D eigenvalue weighted by Gasteiger charge is 2.71. The average Bonchev–Trinajstić information content (AvgIpc) is 2.88. The first kappa shape index (κ1) is 31.0. The number of hydrogen-bond acceptors (Lipinski definition) is 4. The van der Waals surface area contributed by atoms with Crippen LogP contribution in [-0.2, 0) is 19.1 Å². The molecular formula is C37H58O4. The summed E-state index contributed by atoms with van der Waals surface area (Å²) in [7, 11) is 0. The van der Waals surface area contributed by atoms with E-state index in [1.165, 1.54) is 12.5 Å². The van der Waals surface area contributed by atoms with E-state index in [-0.39, 0.29) is 51.0 Å². The summed E-state index contributed by atoms with van der Waals surface area (Å²) in [5, 5.41) is 0. The number of carbonyl (C=O) groups is 3. The molecule has 0 aromatic carbocycles. The fourth-order valence-electron chi connectivity index (χ4n) is 11.8. The molecule has 11 atom stereocenters. The molecule has 0 aromatic rings. The van der Waals surface area contributed by atoms with Crippen LogP contribution >= 0.6 is 0 Å². The quantitative estimate of drug-likeness (QED) is 0.312. The summed E-state index contributed by atoms with van der Waals surface area (Å²) >= 11 is 0. The van der Waals surface area contributed by atoms with Crippen LogP contribution in [0.15, 0.2) is 11.6 Å². The molecule has 0 spiro atoms. The first-order valence-electron chi connectivity index (χ1n) is 17.0. The molecule has 0 saturated heterocycles. The van der Waals surface area contributed by atoms with Crippen molar-refractivity contribution in [2.24, 2.45) is 62.6 Å². The van der Waals surface area contributed by atoms with Crippen molar-refractivity contribution >= 4 is 17.5 Å². The van der Waals surface area contributed by atoms with Crippen LogP contribution in [0.4, 0.5) is 0 Å². The van der Waals surface area contributed by atoms with Crippen LogP contribution in [0, 0.1) is 62.6 Å². The molecule has 5 aliphatic carbocycles. The van der Waals surface area contributed by atoms with E-state index < -0.39 is 0 Å². The van der Waals surface area contributed by atoms with Crippen LogP contribution in [0.3, 0.4) is 0 Å². The van der Waals surface area contributed by atoms with Gasteiger partial charge in [0.2, 0.25) is 0 Å². The first-order valence-corrected chi connectivity index (χ1v) is 17.0. The van der Waals surface area contributed by atoms with E-state index in [4.69, 9.17) is 4.74 Å². The molecule has 5 rings (SSSR count). The van der Waals surface area contributed by atoms with Crippen molar-refractivity contribution in [1.82, 2.24) is 0 Å². The molecule has 4 saturated carbocycles. The highest BCUT2D eigenvalue weighted by Crippen LogP contribution is 2.75. The Labute approximate surface area is 250 Å². The van der Waals surface area contributed by atoms with Crippen LogP contribution < -0.4 is 0 Å². The Morgan fingerprint density at radius 3 is 2.29 bits per heavy atom. The molecule has 41 heavy (non-hydrogen) atoms. The van der Waals surface area contributed by atoms with E-state index in [0.717, 1.165) is 57.8 Å². The van der Waals surface area contributed by atoms with E-state index >= 15 is 0 Å². The van der Waals surface area contributed by atoms with Crippen molar-refractivity contribution < 1.29 is 19.1 Å². The van der Waals surface area contributed by atoms with Gasteiger partial charge in [-0.3, -0.25) is 14.4 Å². The Morgan fingerprint density at radius 1 is 0.976 bits per heavy atom. The standard InChI is InChI=1S/C37H58O4/c1-11-22(2)20-29(40)37-17-12-23(3)24(4)31(37)26-21-27(39)32-34(8)15-14-30(41-25(5)38)33(6,7)28(34)13-16-36(32,10)35(26,9)18-19-37/h21-24,28,30-32H,11-20H2,1-10H3/t22?,23-,24+,28?,30+,31?,32?,34+,35-,36-,37-/m1/s1. The third-order valence-electron chi connectivity index (χ3n) is 14.8. The molecule has 0 radical (unpaired) electrons. The lowest BCUT2D eigenvalue weighted by Gasteiger charge is -2.70.